The van der Waals surface area contributed by atoms with E-state index in [9.17, 15) is 9.59 Å². The van der Waals surface area contributed by atoms with E-state index in [1.807, 2.05) is 62.4 Å². The van der Waals surface area contributed by atoms with Crippen molar-refractivity contribution >= 4 is 11.9 Å². The highest BCUT2D eigenvalue weighted by molar-refractivity contribution is 6.08. The fourth-order valence-corrected chi connectivity index (χ4v) is 3.26. The van der Waals surface area contributed by atoms with E-state index in [-0.39, 0.29) is 6.42 Å². The standard InChI is InChI=1S/C21H22O4/c1-3-20(4-2)24-18(22)21(19(23)25-20,17-13-9-6-10-14-17)15-16-11-7-5-8-12-16/h5-14H,3-4,15H2,1-2H3. The Morgan fingerprint density at radius 3 is 1.72 bits per heavy atom. The second-order valence-electron chi connectivity index (χ2n) is 6.33. The molecule has 0 saturated carbocycles. The van der Waals surface area contributed by atoms with Gasteiger partial charge in [0, 0.05) is 19.3 Å². The van der Waals surface area contributed by atoms with Gasteiger partial charge < -0.3 is 9.47 Å². The Labute approximate surface area is 147 Å². The molecular weight excluding hydrogens is 316 g/mol. The molecular formula is C21H22O4. The van der Waals surface area contributed by atoms with Gasteiger partial charge in [0.25, 0.3) is 5.79 Å². The summed E-state index contributed by atoms with van der Waals surface area (Å²) in [6, 6.07) is 18.5. The van der Waals surface area contributed by atoms with Gasteiger partial charge in [-0.05, 0) is 11.1 Å². The van der Waals surface area contributed by atoms with E-state index in [2.05, 4.69) is 0 Å². The maximum absolute atomic E-state index is 13.1. The highest BCUT2D eigenvalue weighted by atomic mass is 16.7. The van der Waals surface area contributed by atoms with Crippen LogP contribution in [-0.2, 0) is 30.9 Å². The zero-order chi connectivity index (χ0) is 17.9. The first kappa shape index (κ1) is 17.2. The number of esters is 2. The second-order valence-corrected chi connectivity index (χ2v) is 6.33. The smallest absolute Gasteiger partial charge is 0.331 e. The van der Waals surface area contributed by atoms with E-state index >= 15 is 0 Å². The van der Waals surface area contributed by atoms with Crippen LogP contribution < -0.4 is 0 Å². The summed E-state index contributed by atoms with van der Waals surface area (Å²) < 4.78 is 11.4. The number of hydrogen-bond donors (Lipinski definition) is 0. The molecule has 3 rings (SSSR count). The van der Waals surface area contributed by atoms with Crippen molar-refractivity contribution in [2.45, 2.75) is 44.3 Å². The molecule has 2 aromatic carbocycles. The minimum absolute atomic E-state index is 0.207. The molecule has 4 nitrogen and oxygen atoms in total. The van der Waals surface area contributed by atoms with Crippen molar-refractivity contribution in [3.8, 4) is 0 Å². The minimum atomic E-state index is -1.48. The van der Waals surface area contributed by atoms with Gasteiger partial charge in [0.15, 0.2) is 5.41 Å². The van der Waals surface area contributed by atoms with E-state index < -0.39 is 23.1 Å². The Hall–Kier alpha value is -2.62. The van der Waals surface area contributed by atoms with Crippen molar-refractivity contribution in [1.82, 2.24) is 0 Å². The molecule has 1 aliphatic heterocycles. The molecule has 0 amide bonds. The number of benzene rings is 2. The normalized spacial score (nSPS) is 18.3. The first-order chi connectivity index (χ1) is 12.1. The molecule has 0 aromatic heterocycles. The zero-order valence-electron chi connectivity index (χ0n) is 14.5. The number of carbonyl (C=O) groups is 2. The largest absolute Gasteiger partial charge is 0.421 e. The summed E-state index contributed by atoms with van der Waals surface area (Å²) in [4.78, 5) is 26.3. The minimum Gasteiger partial charge on any atom is -0.421 e. The van der Waals surface area contributed by atoms with E-state index in [1.54, 1.807) is 12.1 Å². The molecule has 1 saturated heterocycles. The Morgan fingerprint density at radius 2 is 1.24 bits per heavy atom. The van der Waals surface area contributed by atoms with E-state index in [4.69, 9.17) is 9.47 Å². The molecule has 1 heterocycles. The molecule has 25 heavy (non-hydrogen) atoms. The molecule has 130 valence electrons. The summed E-state index contributed by atoms with van der Waals surface area (Å²) in [7, 11) is 0. The van der Waals surface area contributed by atoms with Gasteiger partial charge in [-0.1, -0.05) is 74.5 Å². The topological polar surface area (TPSA) is 52.6 Å². The second kappa shape index (κ2) is 6.71. The van der Waals surface area contributed by atoms with E-state index in [0.717, 1.165) is 5.56 Å². The van der Waals surface area contributed by atoms with Gasteiger partial charge in [0.1, 0.15) is 0 Å². The van der Waals surface area contributed by atoms with Gasteiger partial charge in [-0.15, -0.1) is 0 Å². The van der Waals surface area contributed by atoms with E-state index in [1.165, 1.54) is 0 Å². The predicted octanol–water partition coefficient (Wildman–Crippen LogP) is 3.78. The number of rotatable bonds is 5. The number of carbonyl (C=O) groups excluding carboxylic acids is 2. The lowest BCUT2D eigenvalue weighted by Crippen LogP contribution is -2.59. The fourth-order valence-electron chi connectivity index (χ4n) is 3.26. The quantitative estimate of drug-likeness (QED) is 0.615. The summed E-state index contributed by atoms with van der Waals surface area (Å²) >= 11 is 0. The SMILES string of the molecule is CCC1(CC)OC(=O)C(Cc2ccccc2)(c2ccccc2)C(=O)O1. The van der Waals surface area contributed by atoms with Gasteiger partial charge in [0.2, 0.25) is 0 Å². The average Bonchev–Trinajstić information content (AvgIpc) is 2.66. The highest BCUT2D eigenvalue weighted by Gasteiger charge is 2.58. The molecule has 0 bridgehead atoms. The molecule has 0 spiro atoms. The van der Waals surface area contributed by atoms with Crippen molar-refractivity contribution in [2.75, 3.05) is 0 Å². The van der Waals surface area contributed by atoms with Crippen LogP contribution in [0.25, 0.3) is 0 Å². The molecule has 0 radical (unpaired) electrons. The molecule has 1 fully saturated rings. The van der Waals surface area contributed by atoms with Gasteiger partial charge >= 0.3 is 11.9 Å². The first-order valence-electron chi connectivity index (χ1n) is 8.62. The summed E-state index contributed by atoms with van der Waals surface area (Å²) in [6.07, 6.45) is 1.06. The van der Waals surface area contributed by atoms with Crippen LogP contribution in [0, 0.1) is 0 Å². The maximum Gasteiger partial charge on any atom is 0.331 e. The van der Waals surface area contributed by atoms with Gasteiger partial charge in [-0.25, -0.2) is 0 Å². The zero-order valence-corrected chi connectivity index (χ0v) is 14.5. The number of cyclic esters (lactones) is 2. The van der Waals surface area contributed by atoms with Crippen LogP contribution >= 0.6 is 0 Å². The first-order valence-corrected chi connectivity index (χ1v) is 8.62. The molecule has 2 aromatic rings. The Balaban J connectivity index is 2.09. The average molecular weight is 338 g/mol. The van der Waals surface area contributed by atoms with Crippen LogP contribution in [0.15, 0.2) is 60.7 Å². The Bertz CT molecular complexity index is 728. The monoisotopic (exact) mass is 338 g/mol. The van der Waals surface area contributed by atoms with Crippen molar-refractivity contribution < 1.29 is 19.1 Å². The lowest BCUT2D eigenvalue weighted by atomic mass is 9.74. The third-order valence-corrected chi connectivity index (χ3v) is 4.91. The van der Waals surface area contributed by atoms with Crippen LogP contribution in [0.3, 0.4) is 0 Å². The Morgan fingerprint density at radius 1 is 0.760 bits per heavy atom. The van der Waals surface area contributed by atoms with E-state index in [0.29, 0.717) is 18.4 Å². The third-order valence-electron chi connectivity index (χ3n) is 4.91. The van der Waals surface area contributed by atoms with Crippen LogP contribution in [0.1, 0.15) is 37.8 Å². The van der Waals surface area contributed by atoms with Crippen molar-refractivity contribution in [3.05, 3.63) is 71.8 Å². The molecule has 1 aliphatic rings. The fraction of sp³-hybridized carbons (Fsp3) is 0.333. The Kier molecular flexibility index (Phi) is 4.62. The van der Waals surface area contributed by atoms with Crippen molar-refractivity contribution in [2.24, 2.45) is 0 Å². The molecule has 0 unspecified atom stereocenters. The predicted molar refractivity (Wildman–Crippen MR) is 93.8 cm³/mol. The lowest BCUT2D eigenvalue weighted by molar-refractivity contribution is -0.257. The van der Waals surface area contributed by atoms with Crippen LogP contribution in [0.5, 0.6) is 0 Å². The summed E-state index contributed by atoms with van der Waals surface area (Å²) in [5.74, 6) is -2.24. The molecule has 4 heteroatoms. The summed E-state index contributed by atoms with van der Waals surface area (Å²) in [6.45, 7) is 3.69. The molecule has 0 N–H and O–H groups in total. The summed E-state index contributed by atoms with van der Waals surface area (Å²) in [5.41, 5.74) is -0.00777. The van der Waals surface area contributed by atoms with Crippen LogP contribution in [0.2, 0.25) is 0 Å². The van der Waals surface area contributed by atoms with Crippen LogP contribution in [-0.4, -0.2) is 17.7 Å². The highest BCUT2D eigenvalue weighted by Crippen LogP contribution is 2.40. The van der Waals surface area contributed by atoms with Gasteiger partial charge in [-0.3, -0.25) is 9.59 Å². The number of hydrogen-bond acceptors (Lipinski definition) is 4. The third kappa shape index (κ3) is 2.93. The van der Waals surface area contributed by atoms with Crippen molar-refractivity contribution in [1.29, 1.82) is 0 Å². The van der Waals surface area contributed by atoms with Crippen molar-refractivity contribution in [3.63, 3.8) is 0 Å². The maximum atomic E-state index is 13.1. The molecule has 0 aliphatic carbocycles. The van der Waals surface area contributed by atoms with Gasteiger partial charge in [0.05, 0.1) is 0 Å². The van der Waals surface area contributed by atoms with Crippen LogP contribution in [0.4, 0.5) is 0 Å². The summed E-state index contributed by atoms with van der Waals surface area (Å²) in [5, 5.41) is 0. The molecule has 0 atom stereocenters. The lowest BCUT2D eigenvalue weighted by Gasteiger charge is -2.43. The number of ether oxygens (including phenoxy) is 2. The van der Waals surface area contributed by atoms with Gasteiger partial charge in [-0.2, -0.15) is 0 Å².